The molecule has 0 radical (unpaired) electrons. The first-order chi connectivity index (χ1) is 7.19. The monoisotopic (exact) mass is 242 g/mol. The molecule has 0 unspecified atom stereocenters. The fourth-order valence-electron chi connectivity index (χ4n) is 0.847. The van der Waals surface area contributed by atoms with Crippen LogP contribution in [0.4, 0.5) is 0 Å². The van der Waals surface area contributed by atoms with Gasteiger partial charge in [-0.25, -0.2) is 9.97 Å². The van der Waals surface area contributed by atoms with Gasteiger partial charge in [-0.2, -0.15) is 0 Å². The van der Waals surface area contributed by atoms with Crippen molar-refractivity contribution in [3.63, 3.8) is 0 Å². The Labute approximate surface area is 97.4 Å². The second-order valence-electron chi connectivity index (χ2n) is 2.42. The fourth-order valence-corrected chi connectivity index (χ4v) is 1.17. The Morgan fingerprint density at radius 1 is 1.53 bits per heavy atom. The summed E-state index contributed by atoms with van der Waals surface area (Å²) in [6.45, 7) is 5.19. The first-order valence-electron chi connectivity index (χ1n) is 4.02. The van der Waals surface area contributed by atoms with Gasteiger partial charge in [-0.3, -0.25) is 9.98 Å². The third-order valence-corrected chi connectivity index (χ3v) is 1.93. The third kappa shape index (κ3) is 3.11. The molecule has 0 saturated heterocycles. The van der Waals surface area contributed by atoms with E-state index >= 15 is 0 Å². The molecule has 0 aliphatic carbocycles. The van der Waals surface area contributed by atoms with Crippen molar-refractivity contribution in [2.24, 2.45) is 9.98 Å². The highest BCUT2D eigenvalue weighted by atomic mass is 35.5. The second-order valence-corrected chi connectivity index (χ2v) is 3.16. The average molecular weight is 243 g/mol. The molecule has 15 heavy (non-hydrogen) atoms. The average Bonchev–Trinajstić information content (AvgIpc) is 2.24. The largest absolute Gasteiger partial charge is 0.267 e. The predicted octanol–water partition coefficient (Wildman–Crippen LogP) is 2.87. The number of aromatic nitrogens is 2. The maximum absolute atomic E-state index is 5.88. The zero-order chi connectivity index (χ0) is 11.3. The van der Waals surface area contributed by atoms with Crippen LogP contribution >= 0.6 is 23.2 Å². The minimum absolute atomic E-state index is 0.101. The van der Waals surface area contributed by atoms with Crippen LogP contribution in [0.15, 0.2) is 22.4 Å². The Balaban J connectivity index is 3.23. The topological polar surface area (TPSA) is 50.5 Å². The molecule has 0 aliphatic heterocycles. The van der Waals surface area contributed by atoms with E-state index in [-0.39, 0.29) is 5.28 Å². The summed E-state index contributed by atoms with van der Waals surface area (Å²) in [7, 11) is 0. The summed E-state index contributed by atoms with van der Waals surface area (Å²) < 4.78 is 0. The van der Waals surface area contributed by atoms with Gasteiger partial charge in [0.1, 0.15) is 11.4 Å². The maximum Gasteiger partial charge on any atom is 0.223 e. The number of nitrogens with zero attached hydrogens (tertiary/aromatic N) is 4. The molecule has 0 aliphatic rings. The van der Waals surface area contributed by atoms with Crippen molar-refractivity contribution in [2.75, 3.05) is 0 Å². The van der Waals surface area contributed by atoms with Gasteiger partial charge in [-0.1, -0.05) is 11.6 Å². The molecule has 0 N–H and O–H groups in total. The summed E-state index contributed by atoms with van der Waals surface area (Å²) in [6.07, 6.45) is 4.51. The molecule has 6 heteroatoms. The SMILES string of the molecule is C=N/C(=C\N=CC)c1nc(Cl)ncc1Cl. The van der Waals surface area contributed by atoms with Crippen LogP contribution in [0.3, 0.4) is 0 Å². The van der Waals surface area contributed by atoms with E-state index in [1.165, 1.54) is 12.4 Å². The van der Waals surface area contributed by atoms with Crippen LogP contribution in [0, 0.1) is 0 Å². The second kappa shape index (κ2) is 5.58. The van der Waals surface area contributed by atoms with Gasteiger partial charge >= 0.3 is 0 Å². The van der Waals surface area contributed by atoms with Crippen LogP contribution in [0.25, 0.3) is 5.70 Å². The van der Waals surface area contributed by atoms with Crippen molar-refractivity contribution < 1.29 is 0 Å². The molecule has 4 nitrogen and oxygen atoms in total. The molecule has 1 aromatic rings. The quantitative estimate of drug-likeness (QED) is 0.605. The van der Waals surface area contributed by atoms with Gasteiger partial charge in [0, 0.05) is 6.21 Å². The summed E-state index contributed by atoms with van der Waals surface area (Å²) in [4.78, 5) is 15.3. The minimum atomic E-state index is 0.101. The van der Waals surface area contributed by atoms with Crippen molar-refractivity contribution in [3.05, 3.63) is 28.4 Å². The lowest BCUT2D eigenvalue weighted by molar-refractivity contribution is 1.13. The fraction of sp³-hybridized carbons (Fsp3) is 0.111. The lowest BCUT2D eigenvalue weighted by Gasteiger charge is -2.01. The zero-order valence-electron chi connectivity index (χ0n) is 7.98. The number of halogens is 2. The lowest BCUT2D eigenvalue weighted by atomic mass is 10.3. The van der Waals surface area contributed by atoms with Gasteiger partial charge in [-0.05, 0) is 25.2 Å². The van der Waals surface area contributed by atoms with Gasteiger partial charge in [-0.15, -0.1) is 0 Å². The van der Waals surface area contributed by atoms with E-state index in [1.54, 1.807) is 13.1 Å². The molecule has 0 spiro atoms. The standard InChI is InChI=1S/C9H8Cl2N4/c1-3-13-5-7(12-2)8-6(10)4-14-9(11)15-8/h3-5H,2H2,1H3/b7-5-,13-3?. The maximum atomic E-state index is 5.88. The summed E-state index contributed by atoms with van der Waals surface area (Å²) in [5.41, 5.74) is 0.861. The highest BCUT2D eigenvalue weighted by Gasteiger charge is 2.08. The van der Waals surface area contributed by atoms with E-state index in [0.717, 1.165) is 0 Å². The van der Waals surface area contributed by atoms with Gasteiger partial charge in [0.25, 0.3) is 0 Å². The summed E-state index contributed by atoms with van der Waals surface area (Å²) >= 11 is 11.5. The van der Waals surface area contributed by atoms with Crippen LogP contribution < -0.4 is 0 Å². The molecule has 0 saturated carbocycles. The van der Waals surface area contributed by atoms with Crippen LogP contribution in [0.2, 0.25) is 10.3 Å². The van der Waals surface area contributed by atoms with E-state index in [0.29, 0.717) is 16.4 Å². The molecular weight excluding hydrogens is 235 g/mol. The predicted molar refractivity (Wildman–Crippen MR) is 63.7 cm³/mol. The summed E-state index contributed by atoms with van der Waals surface area (Å²) in [5.74, 6) is 0. The van der Waals surface area contributed by atoms with E-state index in [1.807, 2.05) is 0 Å². The Morgan fingerprint density at radius 2 is 2.27 bits per heavy atom. The Hall–Kier alpha value is -1.26. The molecule has 0 atom stereocenters. The number of hydrogen-bond acceptors (Lipinski definition) is 4. The van der Waals surface area contributed by atoms with Gasteiger partial charge in [0.05, 0.1) is 17.4 Å². The molecule has 1 heterocycles. The van der Waals surface area contributed by atoms with E-state index in [4.69, 9.17) is 23.2 Å². The van der Waals surface area contributed by atoms with Gasteiger partial charge < -0.3 is 0 Å². The number of hydrogen-bond donors (Lipinski definition) is 0. The smallest absolute Gasteiger partial charge is 0.223 e. The third-order valence-electron chi connectivity index (χ3n) is 1.47. The first-order valence-corrected chi connectivity index (χ1v) is 4.77. The van der Waals surface area contributed by atoms with Crippen molar-refractivity contribution in [2.45, 2.75) is 6.92 Å². The van der Waals surface area contributed by atoms with Crippen LogP contribution in [0.1, 0.15) is 12.6 Å². The highest BCUT2D eigenvalue weighted by molar-refractivity contribution is 6.32. The minimum Gasteiger partial charge on any atom is -0.267 e. The first kappa shape index (κ1) is 11.8. The van der Waals surface area contributed by atoms with E-state index in [2.05, 4.69) is 26.7 Å². The Kier molecular flexibility index (Phi) is 4.39. The summed E-state index contributed by atoms with van der Waals surface area (Å²) in [5, 5.41) is 0.453. The van der Waals surface area contributed by atoms with E-state index in [9.17, 15) is 0 Å². The molecule has 78 valence electrons. The molecule has 0 fully saturated rings. The van der Waals surface area contributed by atoms with Crippen molar-refractivity contribution in [1.82, 2.24) is 9.97 Å². The Bertz CT molecular complexity index is 426. The van der Waals surface area contributed by atoms with Gasteiger partial charge in [0.2, 0.25) is 5.28 Å². The van der Waals surface area contributed by atoms with Crippen molar-refractivity contribution >= 4 is 41.8 Å². The Morgan fingerprint density at radius 3 is 2.87 bits per heavy atom. The highest BCUT2D eigenvalue weighted by Crippen LogP contribution is 2.22. The van der Waals surface area contributed by atoms with Crippen LogP contribution in [-0.4, -0.2) is 22.9 Å². The number of aliphatic imine (C=N–C) groups is 2. The molecule has 1 rings (SSSR count). The molecule has 0 aromatic carbocycles. The van der Waals surface area contributed by atoms with Crippen LogP contribution in [-0.2, 0) is 0 Å². The molecule has 0 amide bonds. The lowest BCUT2D eigenvalue weighted by Crippen LogP contribution is -1.91. The van der Waals surface area contributed by atoms with Crippen LogP contribution in [0.5, 0.6) is 0 Å². The normalized spacial score (nSPS) is 12.1. The van der Waals surface area contributed by atoms with Crippen molar-refractivity contribution in [1.29, 1.82) is 0 Å². The molecule has 0 bridgehead atoms. The molecule has 1 aromatic heterocycles. The zero-order valence-corrected chi connectivity index (χ0v) is 9.50. The van der Waals surface area contributed by atoms with Gasteiger partial charge in [0.15, 0.2) is 0 Å². The number of rotatable bonds is 3. The summed E-state index contributed by atoms with van der Waals surface area (Å²) in [6, 6.07) is 0. The van der Waals surface area contributed by atoms with E-state index < -0.39 is 0 Å². The van der Waals surface area contributed by atoms with Crippen molar-refractivity contribution in [3.8, 4) is 0 Å². The molecular formula is C9H8Cl2N4.